The van der Waals surface area contributed by atoms with Crippen LogP contribution in [-0.2, 0) is 11.2 Å². The highest BCUT2D eigenvalue weighted by atomic mass is 35.5. The van der Waals surface area contributed by atoms with Crippen molar-refractivity contribution in [3.05, 3.63) is 45.3 Å². The van der Waals surface area contributed by atoms with Crippen LogP contribution in [0.4, 0.5) is 0 Å². The van der Waals surface area contributed by atoms with Gasteiger partial charge in [0.25, 0.3) is 5.56 Å². The van der Waals surface area contributed by atoms with Crippen molar-refractivity contribution in [1.82, 2.24) is 10.3 Å². The first-order valence-corrected chi connectivity index (χ1v) is 10.4. The van der Waals surface area contributed by atoms with Crippen LogP contribution >= 0.6 is 11.6 Å². The molecule has 5 heteroatoms. The first kappa shape index (κ1) is 17.4. The van der Waals surface area contributed by atoms with Gasteiger partial charge < -0.3 is 10.3 Å². The van der Waals surface area contributed by atoms with Crippen molar-refractivity contribution in [2.24, 2.45) is 17.8 Å². The van der Waals surface area contributed by atoms with Gasteiger partial charge in [-0.3, -0.25) is 9.59 Å². The zero-order valence-corrected chi connectivity index (χ0v) is 16.1. The number of carbonyl (C=O) groups excluding carboxylic acids is 1. The highest BCUT2D eigenvalue weighted by Gasteiger charge is 2.50. The Morgan fingerprint density at radius 1 is 1.15 bits per heavy atom. The van der Waals surface area contributed by atoms with Crippen molar-refractivity contribution in [2.75, 3.05) is 6.54 Å². The molecular formula is C22H25ClN2O2. The molecule has 0 atom stereocenters. The quantitative estimate of drug-likeness (QED) is 0.823. The average Bonchev–Trinajstić information content (AvgIpc) is 2.61. The highest BCUT2D eigenvalue weighted by Crippen LogP contribution is 2.55. The summed E-state index contributed by atoms with van der Waals surface area (Å²) in [7, 11) is 0. The number of pyridine rings is 1. The van der Waals surface area contributed by atoms with E-state index in [4.69, 9.17) is 11.6 Å². The minimum atomic E-state index is -0.157. The molecule has 4 aliphatic carbocycles. The van der Waals surface area contributed by atoms with E-state index in [1.807, 2.05) is 12.1 Å². The molecule has 0 saturated heterocycles. The number of hydrogen-bond acceptors (Lipinski definition) is 3. The van der Waals surface area contributed by atoms with Gasteiger partial charge in [-0.05, 0) is 85.4 Å². The molecule has 4 saturated carbocycles. The van der Waals surface area contributed by atoms with Crippen molar-refractivity contribution >= 4 is 28.2 Å². The molecule has 142 valence electrons. The number of hydrogen-bond donors (Lipinski definition) is 2. The molecule has 4 fully saturated rings. The topological polar surface area (TPSA) is 62.0 Å². The molecule has 0 radical (unpaired) electrons. The minimum Gasteiger partial charge on any atom is -0.329 e. The number of benzene rings is 1. The van der Waals surface area contributed by atoms with Gasteiger partial charge in [0.1, 0.15) is 0 Å². The number of ketones is 1. The van der Waals surface area contributed by atoms with Crippen molar-refractivity contribution in [1.29, 1.82) is 0 Å². The summed E-state index contributed by atoms with van der Waals surface area (Å²) < 4.78 is 0. The number of Topliss-reactive ketones (excluding diaryl/α,β-unsaturated/α-hetero) is 1. The number of rotatable bonds is 5. The predicted octanol–water partition coefficient (Wildman–Crippen LogP) is 3.85. The zero-order chi connectivity index (χ0) is 18.6. The first-order valence-electron chi connectivity index (χ1n) is 10.1. The van der Waals surface area contributed by atoms with Gasteiger partial charge in [0.15, 0.2) is 5.78 Å². The molecule has 1 heterocycles. The van der Waals surface area contributed by atoms with Gasteiger partial charge in [0, 0.05) is 28.6 Å². The van der Waals surface area contributed by atoms with Gasteiger partial charge >= 0.3 is 0 Å². The third-order valence-electron chi connectivity index (χ3n) is 7.03. The largest absolute Gasteiger partial charge is 0.329 e. The smallest absolute Gasteiger partial charge is 0.255 e. The van der Waals surface area contributed by atoms with E-state index in [9.17, 15) is 9.59 Å². The normalized spacial score (nSPS) is 31.5. The van der Waals surface area contributed by atoms with Gasteiger partial charge in [-0.1, -0.05) is 11.6 Å². The van der Waals surface area contributed by atoms with Crippen LogP contribution in [0.2, 0.25) is 5.02 Å². The Hall–Kier alpha value is -1.65. The van der Waals surface area contributed by atoms with E-state index in [1.54, 1.807) is 12.3 Å². The van der Waals surface area contributed by atoms with Crippen molar-refractivity contribution < 1.29 is 4.79 Å². The third kappa shape index (κ3) is 3.23. The molecule has 1 aromatic heterocycles. The molecule has 1 aromatic carbocycles. The summed E-state index contributed by atoms with van der Waals surface area (Å²) in [6, 6.07) is 5.38. The predicted molar refractivity (Wildman–Crippen MR) is 107 cm³/mol. The monoisotopic (exact) mass is 384 g/mol. The highest BCUT2D eigenvalue weighted by molar-refractivity contribution is 6.32. The molecule has 4 nitrogen and oxygen atoms in total. The summed E-state index contributed by atoms with van der Waals surface area (Å²) in [5.74, 6) is 2.77. The molecule has 2 N–H and O–H groups in total. The van der Waals surface area contributed by atoms with Crippen LogP contribution in [0, 0.1) is 17.8 Å². The van der Waals surface area contributed by atoms with Crippen molar-refractivity contribution in [3.63, 3.8) is 0 Å². The lowest BCUT2D eigenvalue weighted by Crippen LogP contribution is -2.59. The zero-order valence-electron chi connectivity index (χ0n) is 15.4. The van der Waals surface area contributed by atoms with Gasteiger partial charge in [0.05, 0.1) is 6.54 Å². The Morgan fingerprint density at radius 3 is 2.48 bits per heavy atom. The maximum Gasteiger partial charge on any atom is 0.255 e. The lowest BCUT2D eigenvalue weighted by atomic mass is 9.53. The summed E-state index contributed by atoms with van der Waals surface area (Å²) in [5.41, 5.74) is 0.841. The van der Waals surface area contributed by atoms with Crippen LogP contribution in [0.15, 0.2) is 29.2 Å². The first-order chi connectivity index (χ1) is 13.0. The summed E-state index contributed by atoms with van der Waals surface area (Å²) in [6.07, 6.45) is 9.87. The van der Waals surface area contributed by atoms with E-state index in [2.05, 4.69) is 10.3 Å². The van der Waals surface area contributed by atoms with E-state index < -0.39 is 0 Å². The second-order valence-electron chi connectivity index (χ2n) is 9.10. The minimum absolute atomic E-state index is 0.157. The lowest BCUT2D eigenvalue weighted by Gasteiger charge is -2.57. The standard InChI is InChI=1S/C22H25ClN2O2/c23-20-8-19-16(1-2-24-21(19)27)6-17(20)7-18(26)12-25-22-9-13-3-14(10-22)5-15(4-13)11-22/h1-2,6,8,13-15,25H,3-5,7,9-12H2,(H,24,27). The Balaban J connectivity index is 1.28. The Kier molecular flexibility index (Phi) is 4.17. The van der Waals surface area contributed by atoms with Crippen LogP contribution in [0.25, 0.3) is 10.8 Å². The molecule has 4 aliphatic rings. The number of fused-ring (bicyclic) bond motifs is 1. The Labute approximate surface area is 163 Å². The third-order valence-corrected chi connectivity index (χ3v) is 7.38. The van der Waals surface area contributed by atoms with Gasteiger partial charge in [-0.2, -0.15) is 0 Å². The molecule has 2 aromatic rings. The number of aromatic amines is 1. The number of nitrogens with one attached hydrogen (secondary N) is 2. The summed E-state index contributed by atoms with van der Waals surface area (Å²) in [6.45, 7) is 0.413. The SMILES string of the molecule is O=C(CNC12CC3CC(CC(C3)C1)C2)Cc1cc2cc[nH]c(=O)c2cc1Cl. The van der Waals surface area contributed by atoms with E-state index in [0.29, 0.717) is 23.4 Å². The number of aromatic nitrogens is 1. The van der Waals surface area contributed by atoms with Crippen molar-refractivity contribution in [3.8, 4) is 0 Å². The van der Waals surface area contributed by atoms with Crippen LogP contribution < -0.4 is 10.9 Å². The maximum absolute atomic E-state index is 12.7. The van der Waals surface area contributed by atoms with Crippen molar-refractivity contribution in [2.45, 2.75) is 50.5 Å². The molecule has 0 unspecified atom stereocenters. The Morgan fingerprint density at radius 2 is 1.81 bits per heavy atom. The molecule has 27 heavy (non-hydrogen) atoms. The fraction of sp³-hybridized carbons (Fsp3) is 0.545. The molecule has 4 bridgehead atoms. The maximum atomic E-state index is 12.7. The fourth-order valence-corrected chi connectivity index (χ4v) is 6.51. The van der Waals surface area contributed by atoms with Gasteiger partial charge in [0.2, 0.25) is 0 Å². The fourth-order valence-electron chi connectivity index (χ4n) is 6.28. The summed E-state index contributed by atoms with van der Waals surface area (Å²) >= 11 is 6.35. The molecule has 6 rings (SSSR count). The number of carbonyl (C=O) groups is 1. The number of H-pyrrole nitrogens is 1. The molecular weight excluding hydrogens is 360 g/mol. The summed E-state index contributed by atoms with van der Waals surface area (Å²) in [5, 5.41) is 5.53. The van der Waals surface area contributed by atoms with Crippen LogP contribution in [0.5, 0.6) is 0 Å². The number of halogens is 1. The Bertz CT molecular complexity index is 929. The van der Waals surface area contributed by atoms with E-state index >= 15 is 0 Å². The molecule has 0 amide bonds. The van der Waals surface area contributed by atoms with Crippen LogP contribution in [-0.4, -0.2) is 22.9 Å². The second kappa shape index (κ2) is 6.46. The molecule has 0 spiro atoms. The lowest BCUT2D eigenvalue weighted by molar-refractivity contribution is -0.118. The van der Waals surface area contributed by atoms with E-state index in [1.165, 1.54) is 38.5 Å². The summed E-state index contributed by atoms with van der Waals surface area (Å²) in [4.78, 5) is 27.2. The van der Waals surface area contributed by atoms with E-state index in [0.717, 1.165) is 28.7 Å². The van der Waals surface area contributed by atoms with Gasteiger partial charge in [-0.25, -0.2) is 0 Å². The second-order valence-corrected chi connectivity index (χ2v) is 9.51. The van der Waals surface area contributed by atoms with Crippen LogP contribution in [0.3, 0.4) is 0 Å². The van der Waals surface area contributed by atoms with Gasteiger partial charge in [-0.15, -0.1) is 0 Å². The average molecular weight is 385 g/mol. The van der Waals surface area contributed by atoms with Crippen LogP contribution in [0.1, 0.15) is 44.1 Å². The van der Waals surface area contributed by atoms with E-state index in [-0.39, 0.29) is 16.9 Å². The molecule has 0 aliphatic heterocycles.